The van der Waals surface area contributed by atoms with Gasteiger partial charge in [-0.1, -0.05) is 35.5 Å². The van der Waals surface area contributed by atoms with E-state index in [9.17, 15) is 18.0 Å². The van der Waals surface area contributed by atoms with Gasteiger partial charge in [-0.15, -0.1) is 0 Å². The van der Waals surface area contributed by atoms with Crippen molar-refractivity contribution >= 4 is 44.8 Å². The van der Waals surface area contributed by atoms with Gasteiger partial charge in [-0.2, -0.15) is 0 Å². The summed E-state index contributed by atoms with van der Waals surface area (Å²) in [5.74, 6) is 0.0760. The molecule has 1 heterocycles. The summed E-state index contributed by atoms with van der Waals surface area (Å²) in [4.78, 5) is 30.2. The number of halogens is 1. The van der Waals surface area contributed by atoms with Crippen LogP contribution in [0.2, 0.25) is 5.02 Å². The lowest BCUT2D eigenvalue weighted by atomic mass is 10.3. The predicted molar refractivity (Wildman–Crippen MR) is 114 cm³/mol. The molecule has 30 heavy (non-hydrogen) atoms. The Hall–Kier alpha value is -2.82. The van der Waals surface area contributed by atoms with Crippen LogP contribution in [0, 0.1) is 0 Å². The van der Waals surface area contributed by atoms with Gasteiger partial charge in [0.15, 0.2) is 10.1 Å². The molecule has 0 aliphatic carbocycles. The Kier molecular flexibility index (Phi) is 6.80. The van der Waals surface area contributed by atoms with Crippen molar-refractivity contribution in [3.05, 3.63) is 70.1 Å². The molecule has 0 spiro atoms. The molecule has 11 heteroatoms. The fourth-order valence-corrected chi connectivity index (χ4v) is 4.45. The van der Waals surface area contributed by atoms with Gasteiger partial charge in [-0.3, -0.25) is 9.59 Å². The zero-order valence-electron chi connectivity index (χ0n) is 15.6. The normalized spacial score (nSPS) is 11.1. The molecule has 0 unspecified atom stereocenters. The molecule has 0 radical (unpaired) electrons. The molecule has 0 bridgehead atoms. The molecule has 0 saturated heterocycles. The number of H-pyrrole nitrogens is 1. The zero-order chi connectivity index (χ0) is 21.7. The van der Waals surface area contributed by atoms with Gasteiger partial charge in [-0.05, 0) is 36.4 Å². The Morgan fingerprint density at radius 2 is 1.90 bits per heavy atom. The number of thioether (sulfide) groups is 1. The van der Waals surface area contributed by atoms with Crippen LogP contribution in [0.25, 0.3) is 0 Å². The van der Waals surface area contributed by atoms with Crippen LogP contribution in [-0.4, -0.2) is 37.2 Å². The minimum atomic E-state index is -4.05. The smallest absolute Gasteiger partial charge is 0.270 e. The number of aromatic amines is 1. The molecule has 156 valence electrons. The second kappa shape index (κ2) is 9.33. The van der Waals surface area contributed by atoms with Gasteiger partial charge in [0.2, 0.25) is 15.7 Å². The number of para-hydroxylation sites is 1. The van der Waals surface area contributed by atoms with Crippen LogP contribution in [0.4, 0.5) is 5.69 Å². The van der Waals surface area contributed by atoms with E-state index in [1.807, 2.05) is 0 Å². The first-order chi connectivity index (χ1) is 14.3. The molecule has 1 amide bonds. The van der Waals surface area contributed by atoms with Gasteiger partial charge in [-0.25, -0.2) is 13.4 Å². The van der Waals surface area contributed by atoms with E-state index in [2.05, 4.69) is 15.3 Å². The number of nitrogens with one attached hydrogen (secondary N) is 2. The summed E-state index contributed by atoms with van der Waals surface area (Å²) in [5.41, 5.74) is -0.359. The highest BCUT2D eigenvalue weighted by Gasteiger charge is 2.22. The maximum atomic E-state index is 12.7. The van der Waals surface area contributed by atoms with Crippen molar-refractivity contribution in [2.75, 3.05) is 18.2 Å². The molecule has 0 atom stereocenters. The number of hydrogen-bond donors (Lipinski definition) is 2. The third-order valence-corrected chi connectivity index (χ3v) is 6.87. The first-order valence-corrected chi connectivity index (χ1v) is 11.3. The topological polar surface area (TPSA) is 118 Å². The highest BCUT2D eigenvalue weighted by atomic mass is 35.5. The van der Waals surface area contributed by atoms with Crippen molar-refractivity contribution in [1.29, 1.82) is 0 Å². The number of carbonyl (C=O) groups is 1. The van der Waals surface area contributed by atoms with Gasteiger partial charge < -0.3 is 15.0 Å². The van der Waals surface area contributed by atoms with Crippen LogP contribution in [0.5, 0.6) is 5.75 Å². The Bertz CT molecular complexity index is 1230. The van der Waals surface area contributed by atoms with Gasteiger partial charge in [0.05, 0.1) is 34.7 Å². The molecule has 2 N–H and O–H groups in total. The van der Waals surface area contributed by atoms with Gasteiger partial charge in [0, 0.05) is 0 Å². The van der Waals surface area contributed by atoms with Gasteiger partial charge in [0.1, 0.15) is 5.75 Å². The summed E-state index contributed by atoms with van der Waals surface area (Å²) in [6.45, 7) is 0. The van der Waals surface area contributed by atoms with E-state index in [4.69, 9.17) is 16.3 Å². The molecular weight excluding hydrogens is 450 g/mol. The molecule has 3 rings (SSSR count). The second-order valence-corrected chi connectivity index (χ2v) is 9.17. The average molecular weight is 466 g/mol. The van der Waals surface area contributed by atoms with E-state index in [0.717, 1.165) is 18.0 Å². The first kappa shape index (κ1) is 21.9. The Morgan fingerprint density at radius 1 is 1.20 bits per heavy atom. The molecule has 0 fully saturated rings. The van der Waals surface area contributed by atoms with Crippen LogP contribution < -0.4 is 15.6 Å². The Balaban J connectivity index is 1.71. The van der Waals surface area contributed by atoms with E-state index >= 15 is 0 Å². The lowest BCUT2D eigenvalue weighted by Gasteiger charge is -2.07. The van der Waals surface area contributed by atoms with Crippen molar-refractivity contribution in [1.82, 2.24) is 9.97 Å². The number of benzene rings is 2. The summed E-state index contributed by atoms with van der Waals surface area (Å²) >= 11 is 6.94. The number of carbonyl (C=O) groups excluding carboxylic acids is 1. The first-order valence-electron chi connectivity index (χ1n) is 8.47. The van der Waals surface area contributed by atoms with Crippen molar-refractivity contribution in [3.63, 3.8) is 0 Å². The number of aromatic nitrogens is 2. The summed E-state index contributed by atoms with van der Waals surface area (Å²) in [6.07, 6.45) is 0.979. The number of ether oxygens (including phenoxy) is 1. The number of hydrogen-bond acceptors (Lipinski definition) is 7. The number of rotatable bonds is 7. The van der Waals surface area contributed by atoms with E-state index in [0.29, 0.717) is 16.5 Å². The van der Waals surface area contributed by atoms with Crippen LogP contribution in [0.3, 0.4) is 0 Å². The molecule has 1 aromatic heterocycles. The number of methoxy groups -OCH3 is 1. The molecule has 0 aliphatic rings. The van der Waals surface area contributed by atoms with Gasteiger partial charge >= 0.3 is 0 Å². The average Bonchev–Trinajstić information content (AvgIpc) is 2.74. The summed E-state index contributed by atoms with van der Waals surface area (Å²) in [6, 6.07) is 12.4. The lowest BCUT2D eigenvalue weighted by molar-refractivity contribution is -0.113. The molecule has 2 aromatic carbocycles. The minimum Gasteiger partial charge on any atom is -0.497 e. The number of nitrogens with zero attached hydrogens (tertiary/aromatic N) is 1. The maximum Gasteiger partial charge on any atom is 0.270 e. The molecular formula is C19H16ClN3O5S2. The number of sulfone groups is 1. The SMILES string of the molecule is COc1ccc(S(=O)(=O)c2cnc(SCC(=O)Nc3ccccc3Cl)[nH]c2=O)cc1. The van der Waals surface area contributed by atoms with Gasteiger partial charge in [0.25, 0.3) is 5.56 Å². The molecule has 0 saturated carbocycles. The standard InChI is InChI=1S/C19H16ClN3O5S2/c1-28-12-6-8-13(9-7-12)30(26,27)16-10-21-19(23-18(16)25)29-11-17(24)22-15-5-3-2-4-14(15)20/h2-10H,11H2,1H3,(H,22,24)(H,21,23,25). The third kappa shape index (κ3) is 5.02. The summed E-state index contributed by atoms with van der Waals surface area (Å²) < 4.78 is 30.4. The largest absolute Gasteiger partial charge is 0.497 e. The van der Waals surface area contributed by atoms with E-state index in [-0.39, 0.29) is 21.7 Å². The van der Waals surface area contributed by atoms with Crippen molar-refractivity contribution in [3.8, 4) is 5.75 Å². The van der Waals surface area contributed by atoms with Crippen molar-refractivity contribution in [2.24, 2.45) is 0 Å². The van der Waals surface area contributed by atoms with Crippen molar-refractivity contribution in [2.45, 2.75) is 14.9 Å². The number of anilines is 1. The predicted octanol–water partition coefficient (Wildman–Crippen LogP) is 3.00. The highest BCUT2D eigenvalue weighted by Crippen LogP contribution is 2.23. The molecule has 3 aromatic rings. The monoisotopic (exact) mass is 465 g/mol. The maximum absolute atomic E-state index is 12.7. The van der Waals surface area contributed by atoms with E-state index < -0.39 is 20.3 Å². The quantitative estimate of drug-likeness (QED) is 0.406. The molecule has 0 aliphatic heterocycles. The highest BCUT2D eigenvalue weighted by molar-refractivity contribution is 7.99. The molecule has 8 nitrogen and oxygen atoms in total. The Morgan fingerprint density at radius 3 is 2.53 bits per heavy atom. The van der Waals surface area contributed by atoms with Crippen molar-refractivity contribution < 1.29 is 17.9 Å². The lowest BCUT2D eigenvalue weighted by Crippen LogP contribution is -2.20. The summed E-state index contributed by atoms with van der Waals surface area (Å²) in [7, 11) is -2.59. The fourth-order valence-electron chi connectivity index (χ4n) is 2.40. The van der Waals surface area contributed by atoms with Crippen LogP contribution >= 0.6 is 23.4 Å². The Labute approximate surface area is 181 Å². The minimum absolute atomic E-state index is 0.0568. The van der Waals surface area contributed by atoms with Crippen LogP contribution in [0.15, 0.2) is 74.5 Å². The second-order valence-electron chi connectivity index (χ2n) is 5.88. The van der Waals surface area contributed by atoms with Crippen LogP contribution in [0.1, 0.15) is 0 Å². The summed E-state index contributed by atoms with van der Waals surface area (Å²) in [5, 5.41) is 3.16. The van der Waals surface area contributed by atoms with E-state index in [1.54, 1.807) is 24.3 Å². The fraction of sp³-hybridized carbons (Fsp3) is 0.105. The van der Waals surface area contributed by atoms with Crippen LogP contribution in [-0.2, 0) is 14.6 Å². The number of amides is 1. The van der Waals surface area contributed by atoms with E-state index in [1.165, 1.54) is 31.4 Å². The zero-order valence-corrected chi connectivity index (χ0v) is 18.0. The third-order valence-electron chi connectivity index (χ3n) is 3.89.